The van der Waals surface area contributed by atoms with Crippen LogP contribution < -0.4 is 5.32 Å². The Morgan fingerprint density at radius 3 is 2.49 bits per heavy atom. The Bertz CT molecular complexity index is 1380. The minimum atomic E-state index is -0.334. The molecule has 5 rings (SSSR count). The highest BCUT2D eigenvalue weighted by Crippen LogP contribution is 2.34. The quantitative estimate of drug-likeness (QED) is 0.174. The van der Waals surface area contributed by atoms with E-state index in [0.717, 1.165) is 41.3 Å². The maximum absolute atomic E-state index is 13.8. The van der Waals surface area contributed by atoms with Crippen molar-refractivity contribution >= 4 is 16.8 Å². The molecule has 0 bridgehead atoms. The van der Waals surface area contributed by atoms with Crippen molar-refractivity contribution in [3.05, 3.63) is 107 Å². The number of hydrogen-bond donors (Lipinski definition) is 1. The standard InChI is InChI=1S/C31H32FN3O2/c32-25-15-9-11-23(21-25)12-10-18-33-31(36)29-26-16-5-6-17-28(26)34-30(24-13-3-1-4-14-24)27(29)22-35(37)19-7-2-8-20-35/h1,3-6,9,11,13-17,21H,2,7-8,10,12,18-20,22H2,(H,33,36). The lowest BCUT2D eigenvalue weighted by molar-refractivity contribution is -0.898. The predicted octanol–water partition coefficient (Wildman–Crippen LogP) is 6.40. The van der Waals surface area contributed by atoms with Gasteiger partial charge in [0.1, 0.15) is 12.4 Å². The number of aromatic nitrogens is 1. The van der Waals surface area contributed by atoms with E-state index in [1.165, 1.54) is 12.1 Å². The second kappa shape index (κ2) is 11.2. The molecule has 1 saturated heterocycles. The first kappa shape index (κ1) is 25.1. The number of hydrogen-bond acceptors (Lipinski definition) is 3. The first-order valence-electron chi connectivity index (χ1n) is 13.1. The average Bonchev–Trinajstić information content (AvgIpc) is 2.91. The number of carbonyl (C=O) groups is 1. The van der Waals surface area contributed by atoms with Crippen molar-refractivity contribution in [2.24, 2.45) is 0 Å². The number of para-hydroxylation sites is 1. The van der Waals surface area contributed by atoms with Crippen molar-refractivity contribution in [3.63, 3.8) is 0 Å². The largest absolute Gasteiger partial charge is 0.633 e. The number of aryl methyl sites for hydroxylation is 1. The first-order valence-corrected chi connectivity index (χ1v) is 13.1. The van der Waals surface area contributed by atoms with Crippen molar-refractivity contribution in [1.29, 1.82) is 0 Å². The van der Waals surface area contributed by atoms with Gasteiger partial charge >= 0.3 is 0 Å². The lowest BCUT2D eigenvalue weighted by Crippen LogP contribution is -2.46. The maximum atomic E-state index is 13.8. The highest BCUT2D eigenvalue weighted by atomic mass is 19.1. The summed E-state index contributed by atoms with van der Waals surface area (Å²) in [5.74, 6) is -0.455. The molecular formula is C31H32FN3O2. The molecule has 1 amide bonds. The van der Waals surface area contributed by atoms with E-state index in [9.17, 15) is 14.4 Å². The van der Waals surface area contributed by atoms with Crippen molar-refractivity contribution in [2.75, 3.05) is 19.6 Å². The lowest BCUT2D eigenvalue weighted by atomic mass is 9.94. The molecule has 2 heterocycles. The number of quaternary nitrogens is 1. The van der Waals surface area contributed by atoms with Gasteiger partial charge in [0.2, 0.25) is 0 Å². The molecule has 0 spiro atoms. The van der Waals surface area contributed by atoms with Crippen LogP contribution in [0, 0.1) is 11.0 Å². The van der Waals surface area contributed by atoms with Crippen molar-refractivity contribution in [1.82, 2.24) is 10.3 Å². The summed E-state index contributed by atoms with van der Waals surface area (Å²) in [5.41, 5.74) is 4.47. The minimum Gasteiger partial charge on any atom is -0.633 e. The summed E-state index contributed by atoms with van der Waals surface area (Å²) in [6.07, 6.45) is 4.21. The zero-order chi connectivity index (χ0) is 25.7. The third-order valence-corrected chi connectivity index (χ3v) is 7.16. The molecule has 0 unspecified atom stereocenters. The third kappa shape index (κ3) is 5.87. The number of piperidine rings is 1. The van der Waals surface area contributed by atoms with E-state index in [0.29, 0.717) is 49.3 Å². The van der Waals surface area contributed by atoms with E-state index < -0.39 is 0 Å². The van der Waals surface area contributed by atoms with Gasteiger partial charge < -0.3 is 15.2 Å². The Balaban J connectivity index is 1.50. The normalized spacial score (nSPS) is 15.0. The lowest BCUT2D eigenvalue weighted by Gasteiger charge is -2.46. The SMILES string of the molecule is O=C(NCCCc1cccc(F)c1)c1c(C[N+]2([O-])CCCCC2)c(-c2ccccc2)nc2ccccc12. The van der Waals surface area contributed by atoms with Gasteiger partial charge in [-0.05, 0) is 55.9 Å². The van der Waals surface area contributed by atoms with E-state index in [1.54, 1.807) is 6.07 Å². The maximum Gasteiger partial charge on any atom is 0.252 e. The van der Waals surface area contributed by atoms with E-state index >= 15 is 0 Å². The fourth-order valence-corrected chi connectivity index (χ4v) is 5.31. The molecule has 1 aliphatic rings. The molecule has 3 aromatic carbocycles. The van der Waals surface area contributed by atoms with E-state index in [4.69, 9.17) is 4.98 Å². The van der Waals surface area contributed by atoms with Gasteiger partial charge in [-0.2, -0.15) is 0 Å². The van der Waals surface area contributed by atoms with Gasteiger partial charge in [-0.1, -0.05) is 60.7 Å². The van der Waals surface area contributed by atoms with Crippen LogP contribution in [0.15, 0.2) is 78.9 Å². The summed E-state index contributed by atoms with van der Waals surface area (Å²) in [6, 6.07) is 24.0. The number of carbonyl (C=O) groups excluding carboxylic acids is 1. The number of halogens is 1. The Kier molecular flexibility index (Phi) is 7.58. The molecule has 5 nitrogen and oxygen atoms in total. The number of rotatable bonds is 8. The van der Waals surface area contributed by atoms with Gasteiger partial charge in [0.25, 0.3) is 5.91 Å². The molecule has 37 heavy (non-hydrogen) atoms. The number of fused-ring (bicyclic) bond motifs is 1. The number of nitrogens with zero attached hydrogens (tertiary/aromatic N) is 2. The number of nitrogens with one attached hydrogen (secondary N) is 1. The van der Waals surface area contributed by atoms with E-state index in [2.05, 4.69) is 5.32 Å². The van der Waals surface area contributed by atoms with Crippen LogP contribution >= 0.6 is 0 Å². The van der Waals surface area contributed by atoms with Gasteiger partial charge in [0, 0.05) is 23.1 Å². The van der Waals surface area contributed by atoms with Crippen molar-refractivity contribution in [2.45, 2.75) is 38.6 Å². The summed E-state index contributed by atoms with van der Waals surface area (Å²) in [4.78, 5) is 18.7. The number of likely N-dealkylation sites (tertiary alicyclic amines) is 1. The Labute approximate surface area is 217 Å². The molecule has 0 atom stereocenters. The molecule has 0 saturated carbocycles. The summed E-state index contributed by atoms with van der Waals surface area (Å²) in [7, 11) is 0. The summed E-state index contributed by atoms with van der Waals surface area (Å²) < 4.78 is 13.2. The molecule has 0 radical (unpaired) electrons. The van der Waals surface area contributed by atoms with Crippen LogP contribution in [-0.4, -0.2) is 35.2 Å². The fraction of sp³-hybridized carbons (Fsp3) is 0.290. The number of hydroxylamine groups is 3. The van der Waals surface area contributed by atoms with Crippen molar-refractivity contribution in [3.8, 4) is 11.3 Å². The fourth-order valence-electron chi connectivity index (χ4n) is 5.31. The third-order valence-electron chi connectivity index (χ3n) is 7.16. The van der Waals surface area contributed by atoms with Gasteiger partial charge in [0.05, 0.1) is 29.9 Å². The molecule has 1 N–H and O–H groups in total. The first-order chi connectivity index (χ1) is 18.0. The van der Waals surface area contributed by atoms with Crippen molar-refractivity contribution < 1.29 is 13.8 Å². The van der Waals surface area contributed by atoms with Crippen LogP contribution in [0.3, 0.4) is 0 Å². The minimum absolute atomic E-state index is 0.200. The van der Waals surface area contributed by atoms with E-state index in [-0.39, 0.29) is 22.9 Å². The molecule has 1 aliphatic heterocycles. The summed E-state index contributed by atoms with van der Waals surface area (Å²) in [6.45, 7) is 1.77. The van der Waals surface area contributed by atoms with Crippen LogP contribution in [0.1, 0.15) is 47.2 Å². The van der Waals surface area contributed by atoms with Gasteiger partial charge in [0.15, 0.2) is 0 Å². The van der Waals surface area contributed by atoms with Gasteiger partial charge in [-0.3, -0.25) is 4.79 Å². The molecule has 1 aromatic heterocycles. The van der Waals surface area contributed by atoms with Crippen LogP contribution in [-0.2, 0) is 13.0 Å². The zero-order valence-electron chi connectivity index (χ0n) is 21.0. The molecular weight excluding hydrogens is 465 g/mol. The molecule has 6 heteroatoms. The Hall–Kier alpha value is -3.61. The van der Waals surface area contributed by atoms with E-state index in [1.807, 2.05) is 60.7 Å². The molecule has 4 aromatic rings. The molecule has 190 valence electrons. The average molecular weight is 498 g/mol. The predicted molar refractivity (Wildman–Crippen MR) is 145 cm³/mol. The molecule has 1 fully saturated rings. The smallest absolute Gasteiger partial charge is 0.252 e. The Morgan fingerprint density at radius 1 is 0.946 bits per heavy atom. The molecule has 0 aliphatic carbocycles. The highest BCUT2D eigenvalue weighted by molar-refractivity contribution is 6.09. The monoisotopic (exact) mass is 497 g/mol. The van der Waals surface area contributed by atoms with Crippen LogP contribution in [0.4, 0.5) is 4.39 Å². The number of amides is 1. The Morgan fingerprint density at radius 2 is 1.70 bits per heavy atom. The van der Waals surface area contributed by atoms with Gasteiger partial charge in [-0.25, -0.2) is 9.37 Å². The van der Waals surface area contributed by atoms with Crippen LogP contribution in [0.25, 0.3) is 22.2 Å². The van der Waals surface area contributed by atoms with Crippen LogP contribution in [0.5, 0.6) is 0 Å². The zero-order valence-corrected chi connectivity index (χ0v) is 21.0. The number of benzene rings is 3. The summed E-state index contributed by atoms with van der Waals surface area (Å²) in [5, 5.41) is 17.6. The second-order valence-corrected chi connectivity index (χ2v) is 9.91. The van der Waals surface area contributed by atoms with Gasteiger partial charge in [-0.15, -0.1) is 0 Å². The summed E-state index contributed by atoms with van der Waals surface area (Å²) >= 11 is 0. The van der Waals surface area contributed by atoms with Crippen LogP contribution in [0.2, 0.25) is 0 Å². The topological polar surface area (TPSA) is 65.0 Å². The second-order valence-electron chi connectivity index (χ2n) is 9.91. The number of pyridine rings is 1. The highest BCUT2D eigenvalue weighted by Gasteiger charge is 2.29.